The summed E-state index contributed by atoms with van der Waals surface area (Å²) in [5, 5.41) is 8.87. The van der Waals surface area contributed by atoms with Gasteiger partial charge in [0.25, 0.3) is 0 Å². The second kappa shape index (κ2) is 7.33. The molecule has 0 bridgehead atoms. The molecule has 1 fully saturated rings. The van der Waals surface area contributed by atoms with Crippen molar-refractivity contribution in [3.63, 3.8) is 0 Å². The Morgan fingerprint density at radius 2 is 1.59 bits per heavy atom. The van der Waals surface area contributed by atoms with Gasteiger partial charge in [-0.3, -0.25) is 0 Å². The molecule has 1 saturated heterocycles. The third-order valence-electron chi connectivity index (χ3n) is 5.00. The molecule has 0 aromatic heterocycles. The molecule has 7 heteroatoms. The maximum atomic E-state index is 8.87. The number of hydrogen-bond donors (Lipinski definition) is 1. The minimum Gasteiger partial charge on any atom is -0.457 e. The minimum absolute atomic E-state index is 0.292. The summed E-state index contributed by atoms with van der Waals surface area (Å²) in [5.74, 6) is 1.32. The van der Waals surface area contributed by atoms with Gasteiger partial charge in [-0.2, -0.15) is 5.26 Å². The van der Waals surface area contributed by atoms with E-state index in [9.17, 15) is 0 Å². The van der Waals surface area contributed by atoms with Crippen molar-refractivity contribution >= 4 is 13.0 Å². The zero-order valence-corrected chi connectivity index (χ0v) is 16.1. The van der Waals surface area contributed by atoms with Crippen LogP contribution in [0.15, 0.2) is 42.5 Å². The molecular formula is C20H24BN2O4+. The van der Waals surface area contributed by atoms with Crippen molar-refractivity contribution in [3.8, 4) is 17.6 Å². The molecule has 3 N–H and O–H groups in total. The van der Waals surface area contributed by atoms with E-state index in [-0.39, 0.29) is 0 Å². The largest absolute Gasteiger partial charge is 0.640 e. The van der Waals surface area contributed by atoms with Crippen molar-refractivity contribution < 1.29 is 24.4 Å². The Morgan fingerprint density at radius 3 is 2.19 bits per heavy atom. The first-order valence-corrected chi connectivity index (χ1v) is 8.80. The highest BCUT2D eigenvalue weighted by molar-refractivity contribution is 6.37. The molecule has 3 rings (SSSR count). The molecule has 1 heterocycles. The zero-order chi connectivity index (χ0) is 19.7. The lowest BCUT2D eigenvalue weighted by Gasteiger charge is -2.31. The van der Waals surface area contributed by atoms with Crippen LogP contribution < -0.4 is 10.5 Å². The molecule has 2 aromatic rings. The standard InChI is InChI=1S/C20H23BN2O4/c1-19(2)20(3,4)27-21(26-19)24-13-15-11-17(9-10-18(15)23)25-16-7-5-14(12-22)6-8-16/h5-11H,13,23H2,1-4H3/p+1. The monoisotopic (exact) mass is 367 g/mol. The molecule has 1 aliphatic rings. The predicted octanol–water partition coefficient (Wildman–Crippen LogP) is 3.33. The van der Waals surface area contributed by atoms with Gasteiger partial charge in [0.2, 0.25) is 0 Å². The molecule has 0 spiro atoms. The van der Waals surface area contributed by atoms with Crippen LogP contribution >= 0.6 is 0 Å². The van der Waals surface area contributed by atoms with Crippen LogP contribution in [0.3, 0.4) is 0 Å². The molecule has 0 atom stereocenters. The van der Waals surface area contributed by atoms with Crippen LogP contribution in [0.1, 0.15) is 38.8 Å². The van der Waals surface area contributed by atoms with Crippen molar-refractivity contribution in [2.24, 2.45) is 0 Å². The number of hydrogen-bond acceptors (Lipinski definition) is 5. The van der Waals surface area contributed by atoms with Crippen LogP contribution in [-0.2, 0) is 20.6 Å². The maximum absolute atomic E-state index is 8.87. The Balaban J connectivity index is 1.66. The summed E-state index contributed by atoms with van der Waals surface area (Å²) in [5.41, 5.74) is 5.48. The van der Waals surface area contributed by atoms with Gasteiger partial charge >= 0.3 is 7.32 Å². The lowest BCUT2D eigenvalue weighted by molar-refractivity contribution is -0.256. The van der Waals surface area contributed by atoms with E-state index in [0.29, 0.717) is 23.7 Å². The van der Waals surface area contributed by atoms with Crippen LogP contribution in [0.5, 0.6) is 11.5 Å². The highest BCUT2D eigenvalue weighted by atomic mass is 16.8. The summed E-state index contributed by atoms with van der Waals surface area (Å²) in [6, 6.07) is 14.6. The van der Waals surface area contributed by atoms with E-state index in [1.54, 1.807) is 24.3 Å². The van der Waals surface area contributed by atoms with Crippen molar-refractivity contribution in [1.82, 2.24) is 0 Å². The van der Waals surface area contributed by atoms with Gasteiger partial charge in [0.15, 0.2) is 0 Å². The van der Waals surface area contributed by atoms with E-state index in [1.807, 2.05) is 45.9 Å². The summed E-state index contributed by atoms with van der Waals surface area (Å²) in [4.78, 5) is 0. The van der Waals surface area contributed by atoms with Gasteiger partial charge in [0.1, 0.15) is 17.2 Å². The van der Waals surface area contributed by atoms with Crippen molar-refractivity contribution in [2.45, 2.75) is 45.5 Å². The van der Waals surface area contributed by atoms with E-state index >= 15 is 0 Å². The summed E-state index contributed by atoms with van der Waals surface area (Å²) in [7, 11) is -0.725. The zero-order valence-electron chi connectivity index (χ0n) is 16.1. The molecule has 140 valence electrons. The summed E-state index contributed by atoms with van der Waals surface area (Å²) >= 11 is 0. The normalized spacial score (nSPS) is 17.6. The van der Waals surface area contributed by atoms with Crippen molar-refractivity contribution in [3.05, 3.63) is 53.6 Å². The molecule has 6 nitrogen and oxygen atoms in total. The minimum atomic E-state index is -0.725. The number of benzene rings is 2. The van der Waals surface area contributed by atoms with Gasteiger partial charge in [-0.1, -0.05) is 0 Å². The number of rotatable bonds is 5. The highest BCUT2D eigenvalue weighted by Gasteiger charge is 2.52. The first-order valence-electron chi connectivity index (χ1n) is 8.80. The average Bonchev–Trinajstić information content (AvgIpc) is 2.83. The molecule has 0 saturated carbocycles. The fourth-order valence-electron chi connectivity index (χ4n) is 2.55. The summed E-state index contributed by atoms with van der Waals surface area (Å²) < 4.78 is 23.4. The fraction of sp³-hybridized carbons (Fsp3) is 0.350. The fourth-order valence-corrected chi connectivity index (χ4v) is 2.55. The molecular weight excluding hydrogens is 343 g/mol. The van der Waals surface area contributed by atoms with Gasteiger partial charge in [-0.25, -0.2) is 0 Å². The molecule has 0 aliphatic carbocycles. The SMILES string of the molecule is CC1(C)OB(OCc2cc(Oc3ccc(C#N)cc3)ccc2[NH3+])OC1(C)C. The Labute approximate surface area is 160 Å². The number of nitriles is 1. The third-order valence-corrected chi connectivity index (χ3v) is 5.00. The van der Waals surface area contributed by atoms with Crippen molar-refractivity contribution in [1.29, 1.82) is 5.26 Å². The lowest BCUT2D eigenvalue weighted by atomic mass is 9.90. The van der Waals surface area contributed by atoms with Crippen molar-refractivity contribution in [2.75, 3.05) is 0 Å². The van der Waals surface area contributed by atoms with Gasteiger partial charge in [-0.05, 0) is 64.1 Å². The van der Waals surface area contributed by atoms with Crippen LogP contribution in [0.2, 0.25) is 0 Å². The molecule has 2 aromatic carbocycles. The Morgan fingerprint density at radius 1 is 1.00 bits per heavy atom. The highest BCUT2D eigenvalue weighted by Crippen LogP contribution is 2.37. The van der Waals surface area contributed by atoms with Crippen LogP contribution in [-0.4, -0.2) is 18.5 Å². The van der Waals surface area contributed by atoms with Crippen LogP contribution in [0.4, 0.5) is 5.69 Å². The first-order chi connectivity index (χ1) is 12.7. The van der Waals surface area contributed by atoms with Gasteiger partial charge in [-0.15, -0.1) is 0 Å². The number of ether oxygens (including phenoxy) is 1. The molecule has 0 radical (unpaired) electrons. The smallest absolute Gasteiger partial charge is 0.457 e. The second-order valence-electron chi connectivity index (χ2n) is 7.52. The Bertz CT molecular complexity index is 843. The lowest BCUT2D eigenvalue weighted by Crippen LogP contribution is -2.41. The van der Waals surface area contributed by atoms with Crippen LogP contribution in [0, 0.1) is 11.3 Å². The molecule has 1 aliphatic heterocycles. The maximum Gasteiger partial charge on any atom is 0.640 e. The van der Waals surface area contributed by atoms with E-state index in [1.165, 1.54) is 0 Å². The third kappa shape index (κ3) is 4.31. The van der Waals surface area contributed by atoms with E-state index in [4.69, 9.17) is 24.0 Å². The van der Waals surface area contributed by atoms with Gasteiger partial charge in [0, 0.05) is 11.6 Å². The van der Waals surface area contributed by atoms with Gasteiger partial charge in [0.05, 0.1) is 29.4 Å². The topological polar surface area (TPSA) is 88.4 Å². The first kappa shape index (κ1) is 19.4. The number of nitrogens with zero attached hydrogens (tertiary/aromatic N) is 1. The molecule has 27 heavy (non-hydrogen) atoms. The van der Waals surface area contributed by atoms with Gasteiger partial charge < -0.3 is 24.4 Å². The average molecular weight is 367 g/mol. The quantitative estimate of drug-likeness (QED) is 0.819. The molecule has 0 amide bonds. The summed E-state index contributed by atoms with van der Waals surface area (Å²) in [6.45, 7) is 8.22. The second-order valence-corrected chi connectivity index (χ2v) is 7.52. The van der Waals surface area contributed by atoms with Crippen LogP contribution in [0.25, 0.3) is 0 Å². The predicted molar refractivity (Wildman–Crippen MR) is 101 cm³/mol. The van der Waals surface area contributed by atoms with E-state index in [2.05, 4.69) is 11.8 Å². The number of quaternary nitrogens is 1. The Hall–Kier alpha value is -2.37. The summed E-state index contributed by atoms with van der Waals surface area (Å²) in [6.07, 6.45) is 0. The van der Waals surface area contributed by atoms with E-state index < -0.39 is 18.5 Å². The molecule has 0 unspecified atom stereocenters. The van der Waals surface area contributed by atoms with E-state index in [0.717, 1.165) is 11.3 Å². The Kier molecular flexibility index (Phi) is 5.27.